The Morgan fingerprint density at radius 2 is 2.06 bits per heavy atom. The maximum Gasteiger partial charge on any atom is 0.186 e. The second-order valence-corrected chi connectivity index (χ2v) is 4.69. The number of fused-ring (bicyclic) bond motifs is 1. The van der Waals surface area contributed by atoms with Gasteiger partial charge in [0.15, 0.2) is 11.6 Å². The molecule has 0 unspecified atom stereocenters. The number of aromatic nitrogens is 2. The van der Waals surface area contributed by atoms with Gasteiger partial charge >= 0.3 is 0 Å². The number of hydrogen-bond donors (Lipinski definition) is 1. The van der Waals surface area contributed by atoms with E-state index in [0.29, 0.717) is 11.3 Å². The molecule has 0 amide bonds. The fourth-order valence-corrected chi connectivity index (χ4v) is 2.61. The van der Waals surface area contributed by atoms with E-state index in [-0.39, 0.29) is 5.52 Å². The summed E-state index contributed by atoms with van der Waals surface area (Å²) in [6.07, 6.45) is 0. The van der Waals surface area contributed by atoms with E-state index < -0.39 is 11.6 Å². The second-order valence-electron chi connectivity index (χ2n) is 3.78. The van der Waals surface area contributed by atoms with Crippen LogP contribution in [-0.2, 0) is 0 Å². The molecule has 0 radical (unpaired) electrons. The number of hydrogen-bond acceptors (Lipinski definition) is 2. The van der Waals surface area contributed by atoms with Crippen molar-refractivity contribution < 1.29 is 8.78 Å². The highest BCUT2D eigenvalue weighted by molar-refractivity contribution is 7.13. The zero-order valence-electron chi connectivity index (χ0n) is 8.92. The van der Waals surface area contributed by atoms with Crippen molar-refractivity contribution in [3.8, 4) is 10.7 Å². The Balaban J connectivity index is 2.27. The van der Waals surface area contributed by atoms with Gasteiger partial charge in [0.1, 0.15) is 11.3 Å². The maximum atomic E-state index is 13.5. The van der Waals surface area contributed by atoms with Gasteiger partial charge < -0.3 is 4.98 Å². The molecule has 2 nitrogen and oxygen atoms in total. The van der Waals surface area contributed by atoms with E-state index in [9.17, 15) is 8.78 Å². The molecule has 0 aliphatic carbocycles. The number of nitrogens with zero attached hydrogens (tertiary/aromatic N) is 1. The number of aromatic amines is 1. The average Bonchev–Trinajstić information content (AvgIpc) is 2.89. The third-order valence-electron chi connectivity index (χ3n) is 2.62. The van der Waals surface area contributed by atoms with Crippen LogP contribution in [0.2, 0.25) is 0 Å². The normalized spacial score (nSPS) is 11.2. The second kappa shape index (κ2) is 3.63. The first-order chi connectivity index (χ1) is 8.16. The van der Waals surface area contributed by atoms with Crippen LogP contribution in [-0.4, -0.2) is 9.97 Å². The van der Waals surface area contributed by atoms with Gasteiger partial charge in [0.25, 0.3) is 0 Å². The molecule has 1 aromatic carbocycles. The van der Waals surface area contributed by atoms with Crippen LogP contribution in [0.1, 0.15) is 5.56 Å². The lowest BCUT2D eigenvalue weighted by Crippen LogP contribution is -1.84. The number of thiophene rings is 1. The molecule has 0 atom stereocenters. The van der Waals surface area contributed by atoms with Crippen molar-refractivity contribution in [3.05, 3.63) is 40.8 Å². The van der Waals surface area contributed by atoms with Crippen molar-refractivity contribution in [2.75, 3.05) is 0 Å². The molecular formula is C12H8F2N2S. The summed E-state index contributed by atoms with van der Waals surface area (Å²) < 4.78 is 26.6. The molecule has 0 bridgehead atoms. The predicted molar refractivity (Wildman–Crippen MR) is 64.1 cm³/mol. The van der Waals surface area contributed by atoms with E-state index in [1.165, 1.54) is 17.4 Å². The molecule has 1 N–H and O–H groups in total. The van der Waals surface area contributed by atoms with Crippen LogP contribution >= 0.6 is 11.3 Å². The van der Waals surface area contributed by atoms with Crippen molar-refractivity contribution >= 4 is 22.4 Å². The molecule has 0 spiro atoms. The number of halogens is 2. The van der Waals surface area contributed by atoms with Crippen molar-refractivity contribution in [2.45, 2.75) is 6.92 Å². The number of H-pyrrole nitrogens is 1. The highest BCUT2D eigenvalue weighted by atomic mass is 32.1. The Morgan fingerprint density at radius 3 is 2.76 bits per heavy atom. The van der Waals surface area contributed by atoms with E-state index in [1.54, 1.807) is 0 Å². The predicted octanol–water partition coefficient (Wildman–Crippen LogP) is 3.88. The topological polar surface area (TPSA) is 28.7 Å². The van der Waals surface area contributed by atoms with Crippen molar-refractivity contribution in [1.82, 2.24) is 9.97 Å². The lowest BCUT2D eigenvalue weighted by molar-refractivity contribution is 0.515. The molecule has 2 aromatic heterocycles. The van der Waals surface area contributed by atoms with Gasteiger partial charge in [-0.2, -0.15) is 0 Å². The molecule has 86 valence electrons. The minimum Gasteiger partial charge on any atom is -0.337 e. The highest BCUT2D eigenvalue weighted by Gasteiger charge is 2.14. The van der Waals surface area contributed by atoms with Crippen LogP contribution in [0.4, 0.5) is 8.78 Å². The van der Waals surface area contributed by atoms with Gasteiger partial charge in [-0.25, -0.2) is 13.8 Å². The van der Waals surface area contributed by atoms with Gasteiger partial charge in [-0.15, -0.1) is 11.3 Å². The Hall–Kier alpha value is -1.75. The molecule has 0 saturated carbocycles. The number of imidazole rings is 1. The van der Waals surface area contributed by atoms with Crippen LogP contribution in [0.5, 0.6) is 0 Å². The Morgan fingerprint density at radius 1 is 1.24 bits per heavy atom. The largest absolute Gasteiger partial charge is 0.337 e. The summed E-state index contributed by atoms with van der Waals surface area (Å²) >= 11 is 1.52. The van der Waals surface area contributed by atoms with Crippen LogP contribution in [0.15, 0.2) is 23.6 Å². The van der Waals surface area contributed by atoms with Crippen molar-refractivity contribution in [2.24, 2.45) is 0 Å². The van der Waals surface area contributed by atoms with E-state index in [2.05, 4.69) is 9.97 Å². The van der Waals surface area contributed by atoms with Crippen LogP contribution in [0.25, 0.3) is 21.7 Å². The van der Waals surface area contributed by atoms with Gasteiger partial charge in [0.05, 0.1) is 10.4 Å². The summed E-state index contributed by atoms with van der Waals surface area (Å²) in [6.45, 7) is 1.95. The summed E-state index contributed by atoms with van der Waals surface area (Å²) in [7, 11) is 0. The molecule has 0 saturated heterocycles. The fourth-order valence-electron chi connectivity index (χ4n) is 1.74. The van der Waals surface area contributed by atoms with Crippen molar-refractivity contribution in [3.63, 3.8) is 0 Å². The summed E-state index contributed by atoms with van der Waals surface area (Å²) in [4.78, 5) is 8.06. The maximum absolute atomic E-state index is 13.5. The minimum absolute atomic E-state index is 0.0489. The van der Waals surface area contributed by atoms with E-state index in [0.717, 1.165) is 16.5 Å². The standard InChI is InChI=1S/C12H8F2N2S/c1-6-4-5-17-11(6)12-15-8-3-2-7(13)9(14)10(8)16-12/h2-5H,1H3,(H,15,16). The van der Waals surface area contributed by atoms with Crippen LogP contribution in [0, 0.1) is 18.6 Å². The summed E-state index contributed by atoms with van der Waals surface area (Å²) in [5.41, 5.74) is 1.62. The van der Waals surface area contributed by atoms with Gasteiger partial charge in [-0.1, -0.05) is 0 Å². The zero-order valence-corrected chi connectivity index (χ0v) is 9.74. The number of rotatable bonds is 1. The lowest BCUT2D eigenvalue weighted by Gasteiger charge is -1.91. The first-order valence-corrected chi connectivity index (χ1v) is 5.93. The molecule has 0 fully saturated rings. The van der Waals surface area contributed by atoms with E-state index >= 15 is 0 Å². The van der Waals surface area contributed by atoms with Gasteiger partial charge in [0, 0.05) is 0 Å². The molecule has 0 aliphatic rings. The molecule has 0 aliphatic heterocycles. The monoisotopic (exact) mass is 250 g/mol. The number of nitrogens with one attached hydrogen (secondary N) is 1. The lowest BCUT2D eigenvalue weighted by atomic mass is 10.3. The smallest absolute Gasteiger partial charge is 0.186 e. The summed E-state index contributed by atoms with van der Waals surface area (Å²) in [5.74, 6) is -1.20. The first-order valence-electron chi connectivity index (χ1n) is 5.05. The van der Waals surface area contributed by atoms with Gasteiger partial charge in [-0.05, 0) is 36.1 Å². The third-order valence-corrected chi connectivity index (χ3v) is 3.65. The molecule has 3 aromatic rings. The molecule has 17 heavy (non-hydrogen) atoms. The quantitative estimate of drug-likeness (QED) is 0.697. The Bertz CT molecular complexity index is 700. The first kappa shape index (κ1) is 10.4. The third kappa shape index (κ3) is 1.54. The van der Waals surface area contributed by atoms with Crippen molar-refractivity contribution in [1.29, 1.82) is 0 Å². The van der Waals surface area contributed by atoms with Gasteiger partial charge in [0.2, 0.25) is 0 Å². The zero-order chi connectivity index (χ0) is 12.0. The van der Waals surface area contributed by atoms with E-state index in [4.69, 9.17) is 0 Å². The highest BCUT2D eigenvalue weighted by Crippen LogP contribution is 2.29. The molecule has 5 heteroatoms. The minimum atomic E-state index is -0.904. The van der Waals surface area contributed by atoms with Gasteiger partial charge in [-0.3, -0.25) is 0 Å². The average molecular weight is 250 g/mol. The molecule has 3 rings (SSSR count). The van der Waals surface area contributed by atoms with Crippen LogP contribution in [0.3, 0.4) is 0 Å². The van der Waals surface area contributed by atoms with Crippen LogP contribution < -0.4 is 0 Å². The van der Waals surface area contributed by atoms with E-state index in [1.807, 2.05) is 18.4 Å². The Labute approximate surface area is 99.9 Å². The number of benzene rings is 1. The summed E-state index contributed by atoms with van der Waals surface area (Å²) in [5, 5.41) is 1.94. The summed E-state index contributed by atoms with van der Waals surface area (Å²) in [6, 6.07) is 4.55. The fraction of sp³-hybridized carbons (Fsp3) is 0.0833. The number of aryl methyl sites for hydroxylation is 1. The molecule has 2 heterocycles. The Kier molecular flexibility index (Phi) is 2.22. The molecular weight excluding hydrogens is 242 g/mol. The SMILES string of the molecule is Cc1ccsc1-c1nc2c(F)c(F)ccc2[nH]1.